The number of amides is 2. The SMILES string of the molecule is O=C(Nc1c2c(nn1C(=O)O)CCN(C(=O)O)C2)c1ccccc1[N+](=O)[O-]. The van der Waals surface area contributed by atoms with E-state index in [2.05, 4.69) is 10.4 Å². The second-order valence-corrected chi connectivity index (χ2v) is 5.65. The number of carboxylic acid groups (broad SMARTS) is 2. The molecule has 0 bridgehead atoms. The number of nitro benzene ring substituents is 1. The van der Waals surface area contributed by atoms with E-state index in [9.17, 15) is 29.6 Å². The molecule has 12 nitrogen and oxygen atoms in total. The first-order valence-corrected chi connectivity index (χ1v) is 7.66. The van der Waals surface area contributed by atoms with Gasteiger partial charge < -0.3 is 20.4 Å². The molecule has 12 heteroatoms. The van der Waals surface area contributed by atoms with Gasteiger partial charge in [-0.15, -0.1) is 4.68 Å². The zero-order chi connectivity index (χ0) is 19.7. The van der Waals surface area contributed by atoms with Crippen molar-refractivity contribution in [2.75, 3.05) is 11.9 Å². The van der Waals surface area contributed by atoms with Gasteiger partial charge in [0.25, 0.3) is 11.6 Å². The Balaban J connectivity index is 2.01. The van der Waals surface area contributed by atoms with Crippen molar-refractivity contribution in [2.45, 2.75) is 13.0 Å². The van der Waals surface area contributed by atoms with Crippen LogP contribution in [0.25, 0.3) is 0 Å². The smallest absolute Gasteiger partial charge is 0.434 e. The minimum Gasteiger partial charge on any atom is -0.465 e. The van der Waals surface area contributed by atoms with Crippen molar-refractivity contribution in [3.8, 4) is 0 Å². The van der Waals surface area contributed by atoms with Gasteiger partial charge in [0.2, 0.25) is 0 Å². The summed E-state index contributed by atoms with van der Waals surface area (Å²) in [5.41, 5.74) is -0.136. The molecule has 0 unspecified atom stereocenters. The number of hydrogen-bond acceptors (Lipinski definition) is 6. The third-order valence-corrected chi connectivity index (χ3v) is 4.06. The maximum atomic E-state index is 12.5. The van der Waals surface area contributed by atoms with Crippen molar-refractivity contribution in [3.63, 3.8) is 0 Å². The van der Waals surface area contributed by atoms with Gasteiger partial charge in [-0.2, -0.15) is 5.10 Å². The van der Waals surface area contributed by atoms with Crippen LogP contribution in [-0.4, -0.2) is 54.5 Å². The van der Waals surface area contributed by atoms with Gasteiger partial charge in [0.1, 0.15) is 11.4 Å². The lowest BCUT2D eigenvalue weighted by molar-refractivity contribution is -0.385. The van der Waals surface area contributed by atoms with Gasteiger partial charge in [-0.05, 0) is 6.07 Å². The molecular formula is C15H13N5O7. The van der Waals surface area contributed by atoms with Crippen molar-refractivity contribution in [1.29, 1.82) is 0 Å². The number of hydrogen-bond donors (Lipinski definition) is 3. The first-order valence-electron chi connectivity index (χ1n) is 7.66. The van der Waals surface area contributed by atoms with Gasteiger partial charge in [-0.3, -0.25) is 14.9 Å². The number of nitrogens with zero attached hydrogens (tertiary/aromatic N) is 4. The Labute approximate surface area is 150 Å². The highest BCUT2D eigenvalue weighted by Gasteiger charge is 2.31. The Morgan fingerprint density at radius 1 is 1.19 bits per heavy atom. The van der Waals surface area contributed by atoms with Crippen LogP contribution < -0.4 is 5.32 Å². The van der Waals surface area contributed by atoms with Crippen LogP contribution >= 0.6 is 0 Å². The number of benzene rings is 1. The largest absolute Gasteiger partial charge is 0.465 e. The van der Waals surface area contributed by atoms with Gasteiger partial charge in [-0.25, -0.2) is 9.59 Å². The lowest BCUT2D eigenvalue weighted by Crippen LogP contribution is -2.34. The van der Waals surface area contributed by atoms with Crippen molar-refractivity contribution in [1.82, 2.24) is 14.7 Å². The van der Waals surface area contributed by atoms with E-state index in [1.54, 1.807) is 0 Å². The molecule has 0 saturated carbocycles. The fourth-order valence-electron chi connectivity index (χ4n) is 2.80. The number of fused-ring (bicyclic) bond motifs is 1. The monoisotopic (exact) mass is 375 g/mol. The quantitative estimate of drug-likeness (QED) is 0.537. The van der Waals surface area contributed by atoms with Crippen LogP contribution in [-0.2, 0) is 13.0 Å². The molecule has 0 saturated heterocycles. The molecule has 3 N–H and O–H groups in total. The number of nitro groups is 1. The molecule has 3 rings (SSSR count). The number of rotatable bonds is 3. The minimum atomic E-state index is -1.48. The van der Waals surface area contributed by atoms with E-state index in [4.69, 9.17) is 5.11 Å². The molecule has 0 aliphatic carbocycles. The van der Waals surface area contributed by atoms with E-state index in [0.29, 0.717) is 10.4 Å². The van der Waals surface area contributed by atoms with Crippen molar-refractivity contribution in [3.05, 3.63) is 51.2 Å². The number of carbonyl (C=O) groups is 3. The summed E-state index contributed by atoms with van der Waals surface area (Å²) < 4.78 is 0.530. The lowest BCUT2D eigenvalue weighted by Gasteiger charge is -2.23. The van der Waals surface area contributed by atoms with Gasteiger partial charge in [-0.1, -0.05) is 12.1 Å². The Hall–Kier alpha value is -3.96. The second kappa shape index (κ2) is 6.74. The third-order valence-electron chi connectivity index (χ3n) is 4.06. The maximum Gasteiger partial charge on any atom is 0.434 e. The average Bonchev–Trinajstić information content (AvgIpc) is 2.99. The molecule has 140 valence electrons. The Morgan fingerprint density at radius 2 is 1.89 bits per heavy atom. The Kier molecular flexibility index (Phi) is 4.46. The Morgan fingerprint density at radius 3 is 2.52 bits per heavy atom. The van der Waals surface area contributed by atoms with Crippen LogP contribution in [0, 0.1) is 10.1 Å². The molecule has 1 aliphatic rings. The first kappa shape index (κ1) is 17.8. The van der Waals surface area contributed by atoms with E-state index >= 15 is 0 Å². The summed E-state index contributed by atoms with van der Waals surface area (Å²) in [6, 6.07) is 5.19. The molecule has 2 heterocycles. The van der Waals surface area contributed by atoms with E-state index in [1.165, 1.54) is 18.2 Å². The summed E-state index contributed by atoms with van der Waals surface area (Å²) in [5, 5.41) is 35.8. The highest BCUT2D eigenvalue weighted by Crippen LogP contribution is 2.28. The molecular weight excluding hydrogens is 362 g/mol. The van der Waals surface area contributed by atoms with Crippen LogP contribution in [0.4, 0.5) is 21.1 Å². The predicted octanol–water partition coefficient (Wildman–Crippen LogP) is 1.61. The van der Waals surface area contributed by atoms with Crippen LogP contribution in [0.5, 0.6) is 0 Å². The molecule has 2 amide bonds. The third kappa shape index (κ3) is 3.27. The summed E-state index contributed by atoms with van der Waals surface area (Å²) in [4.78, 5) is 46.6. The fourth-order valence-corrected chi connectivity index (χ4v) is 2.80. The van der Waals surface area contributed by atoms with Crippen LogP contribution in [0.2, 0.25) is 0 Å². The highest BCUT2D eigenvalue weighted by molar-refractivity contribution is 6.07. The van der Waals surface area contributed by atoms with E-state index in [-0.39, 0.29) is 36.5 Å². The van der Waals surface area contributed by atoms with E-state index in [0.717, 1.165) is 11.0 Å². The van der Waals surface area contributed by atoms with Gasteiger partial charge in [0.05, 0.1) is 17.2 Å². The molecule has 27 heavy (non-hydrogen) atoms. The number of anilines is 1. The first-order chi connectivity index (χ1) is 12.8. The molecule has 0 fully saturated rings. The second-order valence-electron chi connectivity index (χ2n) is 5.65. The fraction of sp³-hybridized carbons (Fsp3) is 0.200. The normalized spacial score (nSPS) is 13.0. The predicted molar refractivity (Wildman–Crippen MR) is 88.8 cm³/mol. The number of carbonyl (C=O) groups excluding carboxylic acids is 1. The topological polar surface area (TPSA) is 168 Å². The molecule has 0 spiro atoms. The lowest BCUT2D eigenvalue weighted by atomic mass is 10.1. The molecule has 1 aliphatic heterocycles. The van der Waals surface area contributed by atoms with Gasteiger partial charge in [0.15, 0.2) is 0 Å². The minimum absolute atomic E-state index is 0.135. The summed E-state index contributed by atoms with van der Waals surface area (Å²) >= 11 is 0. The zero-order valence-electron chi connectivity index (χ0n) is 13.7. The van der Waals surface area contributed by atoms with Crippen molar-refractivity contribution in [2.24, 2.45) is 0 Å². The van der Waals surface area contributed by atoms with Crippen LogP contribution in [0.3, 0.4) is 0 Å². The standard InChI is InChI=1S/C15H13N5O7/c21-13(8-3-1-2-4-11(8)20(26)27)16-12-9-7-18(14(22)23)6-5-10(9)17-19(12)15(24)25/h1-4H,5-7H2,(H,16,21)(H,22,23)(H,24,25). The molecule has 0 radical (unpaired) electrons. The van der Waals surface area contributed by atoms with Crippen LogP contribution in [0.15, 0.2) is 24.3 Å². The van der Waals surface area contributed by atoms with Crippen LogP contribution in [0.1, 0.15) is 21.6 Å². The summed E-state index contributed by atoms with van der Waals surface area (Å²) in [6.45, 7) is -0.0268. The number of nitrogens with one attached hydrogen (secondary N) is 1. The molecule has 0 atom stereocenters. The maximum absolute atomic E-state index is 12.5. The number of para-hydroxylation sites is 1. The summed E-state index contributed by atoms with van der Waals surface area (Å²) in [7, 11) is 0. The summed E-state index contributed by atoms with van der Waals surface area (Å²) in [5.74, 6) is -1.13. The average molecular weight is 375 g/mol. The van der Waals surface area contributed by atoms with Gasteiger partial charge >= 0.3 is 12.2 Å². The van der Waals surface area contributed by atoms with Crippen molar-refractivity contribution >= 4 is 29.6 Å². The molecule has 2 aromatic rings. The number of aromatic nitrogens is 2. The molecule has 1 aromatic carbocycles. The van der Waals surface area contributed by atoms with E-state index in [1.807, 2.05) is 0 Å². The zero-order valence-corrected chi connectivity index (χ0v) is 13.7. The van der Waals surface area contributed by atoms with Crippen molar-refractivity contribution < 1.29 is 29.5 Å². The molecule has 1 aromatic heterocycles. The Bertz CT molecular complexity index is 967. The summed E-state index contributed by atoms with van der Waals surface area (Å²) in [6.07, 6.45) is -2.50. The van der Waals surface area contributed by atoms with E-state index < -0.39 is 28.7 Å². The van der Waals surface area contributed by atoms with Gasteiger partial charge in [0, 0.05) is 24.6 Å². The highest BCUT2D eigenvalue weighted by atomic mass is 16.6.